The lowest BCUT2D eigenvalue weighted by Gasteiger charge is -2.40. The van der Waals surface area contributed by atoms with E-state index in [1.165, 1.54) is 16.7 Å². The quantitative estimate of drug-likeness (QED) is 0.0977. The molecule has 0 unspecified atom stereocenters. The second-order valence-corrected chi connectivity index (χ2v) is 11.6. The average molecular weight is 602 g/mol. The smallest absolute Gasteiger partial charge is 0.214 e. The predicted octanol–water partition coefficient (Wildman–Crippen LogP) is 7.25. The number of guanidine groups is 1. The van der Waals surface area contributed by atoms with Crippen molar-refractivity contribution in [3.05, 3.63) is 126 Å². The van der Waals surface area contributed by atoms with Crippen LogP contribution in [0.25, 0.3) is 10.8 Å². The first-order chi connectivity index (χ1) is 22.2. The fourth-order valence-electron chi connectivity index (χ4n) is 6.45. The van der Waals surface area contributed by atoms with Crippen LogP contribution in [0.15, 0.2) is 119 Å². The number of nitrogens with zero attached hydrogens (tertiary/aromatic N) is 4. The molecule has 1 aliphatic heterocycles. The van der Waals surface area contributed by atoms with Crippen molar-refractivity contribution in [1.82, 2.24) is 9.80 Å². The molecule has 45 heavy (non-hydrogen) atoms. The molecule has 1 saturated heterocycles. The number of hydrogen-bond acceptors (Lipinski definition) is 5. The van der Waals surface area contributed by atoms with Crippen LogP contribution in [0.2, 0.25) is 0 Å². The van der Waals surface area contributed by atoms with Gasteiger partial charge in [-0.1, -0.05) is 84.9 Å². The first-order valence-electron chi connectivity index (χ1n) is 15.9. The van der Waals surface area contributed by atoms with Gasteiger partial charge in [0.2, 0.25) is 11.8 Å². The molecule has 0 amide bonds. The lowest BCUT2D eigenvalue weighted by molar-refractivity contribution is 0.108. The average Bonchev–Trinajstić information content (AvgIpc) is 3.52. The number of ether oxygens (including phenoxy) is 1. The molecule has 5 aromatic rings. The number of piperazine rings is 1. The molecule has 0 atom stereocenters. The molecule has 0 spiro atoms. The molecular formula is C38H43N5O2. The molecule has 4 aromatic carbocycles. The molecule has 0 radical (unpaired) electrons. The van der Waals surface area contributed by atoms with Gasteiger partial charge in [-0.25, -0.2) is 4.90 Å². The first kappa shape index (κ1) is 30.4. The van der Waals surface area contributed by atoms with Crippen molar-refractivity contribution in [2.45, 2.75) is 25.3 Å². The second-order valence-electron chi connectivity index (χ2n) is 11.6. The number of furan rings is 1. The zero-order valence-electron chi connectivity index (χ0n) is 26.3. The number of methoxy groups -OCH3 is 1. The van der Waals surface area contributed by atoms with Crippen molar-refractivity contribution in [2.24, 2.45) is 10.7 Å². The van der Waals surface area contributed by atoms with Crippen LogP contribution < -0.4 is 15.4 Å². The third-order valence-corrected chi connectivity index (χ3v) is 8.83. The van der Waals surface area contributed by atoms with E-state index < -0.39 is 0 Å². The minimum Gasteiger partial charge on any atom is -0.495 e. The Labute approximate surface area is 266 Å². The van der Waals surface area contributed by atoms with Crippen molar-refractivity contribution < 1.29 is 9.15 Å². The van der Waals surface area contributed by atoms with E-state index >= 15 is 0 Å². The Hall–Kier alpha value is -4.59. The summed E-state index contributed by atoms with van der Waals surface area (Å²) in [7, 11) is 3.37. The summed E-state index contributed by atoms with van der Waals surface area (Å²) in [6.07, 6.45) is 4.97. The highest BCUT2D eigenvalue weighted by Crippen LogP contribution is 2.39. The topological polar surface area (TPSA) is 70.5 Å². The molecule has 1 aromatic heterocycles. The van der Waals surface area contributed by atoms with E-state index in [0.717, 1.165) is 68.4 Å². The van der Waals surface area contributed by atoms with Crippen LogP contribution in [0, 0.1) is 0 Å². The van der Waals surface area contributed by atoms with Crippen LogP contribution in [0.5, 0.6) is 5.75 Å². The van der Waals surface area contributed by atoms with Crippen molar-refractivity contribution in [1.29, 1.82) is 0 Å². The van der Waals surface area contributed by atoms with Crippen molar-refractivity contribution >= 4 is 28.3 Å². The highest BCUT2D eigenvalue weighted by Gasteiger charge is 2.26. The summed E-state index contributed by atoms with van der Waals surface area (Å²) in [4.78, 5) is 11.4. The Kier molecular flexibility index (Phi) is 9.78. The lowest BCUT2D eigenvalue weighted by atomic mass is 9.96. The van der Waals surface area contributed by atoms with Gasteiger partial charge in [-0.05, 0) is 60.7 Å². The van der Waals surface area contributed by atoms with E-state index in [0.29, 0.717) is 23.6 Å². The van der Waals surface area contributed by atoms with Gasteiger partial charge in [0, 0.05) is 44.0 Å². The first-order valence-corrected chi connectivity index (χ1v) is 15.9. The Morgan fingerprint density at radius 3 is 2.20 bits per heavy atom. The zero-order chi connectivity index (χ0) is 31.0. The monoisotopic (exact) mass is 601 g/mol. The summed E-state index contributed by atoms with van der Waals surface area (Å²) in [5.74, 6) is 1.68. The normalized spacial score (nSPS) is 14.7. The van der Waals surface area contributed by atoms with Gasteiger partial charge in [0.15, 0.2) is 0 Å². The lowest BCUT2D eigenvalue weighted by Crippen LogP contribution is -2.48. The van der Waals surface area contributed by atoms with Gasteiger partial charge in [-0.3, -0.25) is 9.89 Å². The number of unbranched alkanes of at least 4 members (excludes halogenated alkanes) is 1. The Morgan fingerprint density at radius 2 is 1.53 bits per heavy atom. The molecule has 6 rings (SSSR count). The van der Waals surface area contributed by atoms with Crippen LogP contribution in [-0.4, -0.2) is 62.6 Å². The third kappa shape index (κ3) is 6.90. The molecule has 2 heterocycles. The van der Waals surface area contributed by atoms with Gasteiger partial charge >= 0.3 is 0 Å². The standard InChI is InChI=1S/C38H43N5O2/c1-40-38(39)43(37-33-19-10-9-18-32(33)28-45-37)34-27-29(20-21-35(34)44-2)13-11-12-22-41-23-25-42(26-24-41)36(30-14-5-3-6-15-30)31-16-7-4-8-17-31/h3-10,14-21,27-28,36H,11-13,22-26H2,1-2H3,(H2,39,40). The molecule has 7 nitrogen and oxygen atoms in total. The van der Waals surface area contributed by atoms with Gasteiger partial charge < -0.3 is 19.8 Å². The van der Waals surface area contributed by atoms with Crippen LogP contribution in [0.1, 0.15) is 35.6 Å². The van der Waals surface area contributed by atoms with E-state index in [2.05, 4.69) is 87.6 Å². The molecule has 0 bridgehead atoms. The minimum absolute atomic E-state index is 0.296. The summed E-state index contributed by atoms with van der Waals surface area (Å²) in [6, 6.07) is 36.5. The fraction of sp³-hybridized carbons (Fsp3) is 0.289. The molecule has 0 saturated carbocycles. The number of fused-ring (bicyclic) bond motifs is 1. The van der Waals surface area contributed by atoms with E-state index in [-0.39, 0.29) is 0 Å². The van der Waals surface area contributed by atoms with E-state index in [1.807, 2.05) is 35.2 Å². The largest absolute Gasteiger partial charge is 0.495 e. The summed E-state index contributed by atoms with van der Waals surface area (Å²) >= 11 is 0. The molecule has 1 aliphatic rings. The maximum Gasteiger partial charge on any atom is 0.214 e. The third-order valence-electron chi connectivity index (χ3n) is 8.83. The molecule has 7 heteroatoms. The van der Waals surface area contributed by atoms with Gasteiger partial charge in [-0.2, -0.15) is 0 Å². The van der Waals surface area contributed by atoms with Crippen molar-refractivity contribution in [2.75, 3.05) is 51.8 Å². The summed E-state index contributed by atoms with van der Waals surface area (Å²) in [5.41, 5.74) is 11.2. The maximum absolute atomic E-state index is 6.46. The summed E-state index contributed by atoms with van der Waals surface area (Å²) in [5, 5.41) is 1.98. The van der Waals surface area contributed by atoms with Crippen molar-refractivity contribution in [3.8, 4) is 5.75 Å². The predicted molar refractivity (Wildman–Crippen MR) is 185 cm³/mol. The minimum atomic E-state index is 0.296. The molecular weight excluding hydrogens is 558 g/mol. The fourth-order valence-corrected chi connectivity index (χ4v) is 6.45. The van der Waals surface area contributed by atoms with Crippen LogP contribution in [-0.2, 0) is 6.42 Å². The van der Waals surface area contributed by atoms with Crippen LogP contribution in [0.3, 0.4) is 0 Å². The number of benzene rings is 4. The zero-order valence-corrected chi connectivity index (χ0v) is 26.3. The maximum atomic E-state index is 6.46. The summed E-state index contributed by atoms with van der Waals surface area (Å²) in [6.45, 7) is 5.41. The van der Waals surface area contributed by atoms with Crippen molar-refractivity contribution in [3.63, 3.8) is 0 Å². The Balaban J connectivity index is 1.08. The van der Waals surface area contributed by atoms with Gasteiger partial charge in [0.25, 0.3) is 0 Å². The summed E-state index contributed by atoms with van der Waals surface area (Å²) < 4.78 is 11.8. The number of aliphatic imine (C=N–C) groups is 1. The highest BCUT2D eigenvalue weighted by atomic mass is 16.5. The Bertz CT molecular complexity index is 1650. The van der Waals surface area contributed by atoms with Gasteiger partial charge in [0.1, 0.15) is 12.0 Å². The Morgan fingerprint density at radius 1 is 0.867 bits per heavy atom. The molecule has 232 valence electrons. The number of nitrogens with two attached hydrogens (primary N) is 1. The molecule has 2 N–H and O–H groups in total. The number of aryl methyl sites for hydroxylation is 1. The van der Waals surface area contributed by atoms with Crippen LogP contribution in [0.4, 0.5) is 11.6 Å². The van der Waals surface area contributed by atoms with Crippen LogP contribution >= 0.6 is 0 Å². The van der Waals surface area contributed by atoms with E-state index in [9.17, 15) is 0 Å². The highest BCUT2D eigenvalue weighted by molar-refractivity contribution is 6.08. The number of hydrogen-bond donors (Lipinski definition) is 1. The van der Waals surface area contributed by atoms with E-state index in [4.69, 9.17) is 14.9 Å². The molecule has 1 fully saturated rings. The number of rotatable bonds is 11. The number of anilines is 2. The molecule has 0 aliphatic carbocycles. The van der Waals surface area contributed by atoms with Gasteiger partial charge in [0.05, 0.1) is 18.8 Å². The van der Waals surface area contributed by atoms with E-state index in [1.54, 1.807) is 20.4 Å². The van der Waals surface area contributed by atoms with Gasteiger partial charge in [-0.15, -0.1) is 0 Å². The second kappa shape index (κ2) is 14.5. The SMILES string of the molecule is CN=C(N)N(c1cc(CCCCN2CCN(C(c3ccccc3)c3ccccc3)CC2)ccc1OC)c1occ2ccccc12.